The summed E-state index contributed by atoms with van der Waals surface area (Å²) in [6.45, 7) is 3.81. The fourth-order valence-electron chi connectivity index (χ4n) is 3.18. The highest BCUT2D eigenvalue weighted by molar-refractivity contribution is 5.77. The van der Waals surface area contributed by atoms with Gasteiger partial charge in [-0.2, -0.15) is 0 Å². The predicted molar refractivity (Wildman–Crippen MR) is 75.6 cm³/mol. The van der Waals surface area contributed by atoms with E-state index in [1.807, 2.05) is 0 Å². The lowest BCUT2D eigenvalue weighted by atomic mass is 10.0. The SMILES string of the molecule is O=C(COCC1CCCO1)NC1CCN(C2CC2)CC1. The maximum Gasteiger partial charge on any atom is 0.246 e. The van der Waals surface area contributed by atoms with Crippen LogP contribution in [0.1, 0.15) is 38.5 Å². The summed E-state index contributed by atoms with van der Waals surface area (Å²) in [6, 6.07) is 1.19. The molecule has 114 valence electrons. The molecule has 3 rings (SSSR count). The van der Waals surface area contributed by atoms with Crippen LogP contribution in [0.2, 0.25) is 0 Å². The zero-order valence-electron chi connectivity index (χ0n) is 12.2. The molecule has 3 fully saturated rings. The van der Waals surface area contributed by atoms with Crippen LogP contribution < -0.4 is 5.32 Å². The molecule has 1 atom stereocenters. The van der Waals surface area contributed by atoms with E-state index in [0.29, 0.717) is 12.6 Å². The largest absolute Gasteiger partial charge is 0.376 e. The van der Waals surface area contributed by atoms with Crippen LogP contribution in [0.3, 0.4) is 0 Å². The summed E-state index contributed by atoms with van der Waals surface area (Å²) in [4.78, 5) is 14.4. The molecule has 0 radical (unpaired) electrons. The van der Waals surface area contributed by atoms with Gasteiger partial charge in [0.1, 0.15) is 6.61 Å². The summed E-state index contributed by atoms with van der Waals surface area (Å²) >= 11 is 0. The van der Waals surface area contributed by atoms with Gasteiger partial charge in [0.2, 0.25) is 5.91 Å². The Balaban J connectivity index is 1.26. The van der Waals surface area contributed by atoms with Gasteiger partial charge in [-0.05, 0) is 38.5 Å². The maximum atomic E-state index is 11.8. The lowest BCUT2D eigenvalue weighted by molar-refractivity contribution is -0.127. The fraction of sp³-hybridized carbons (Fsp3) is 0.933. The molecule has 20 heavy (non-hydrogen) atoms. The van der Waals surface area contributed by atoms with Crippen LogP contribution in [0, 0.1) is 0 Å². The molecule has 0 spiro atoms. The topological polar surface area (TPSA) is 50.8 Å². The van der Waals surface area contributed by atoms with Crippen molar-refractivity contribution in [2.45, 2.75) is 56.7 Å². The molecule has 1 unspecified atom stereocenters. The van der Waals surface area contributed by atoms with Gasteiger partial charge in [-0.15, -0.1) is 0 Å². The maximum absolute atomic E-state index is 11.8. The summed E-state index contributed by atoms with van der Waals surface area (Å²) in [5, 5.41) is 3.09. The molecule has 0 aromatic rings. The Bertz CT molecular complexity index is 319. The zero-order chi connectivity index (χ0) is 13.8. The molecule has 1 saturated carbocycles. The molecule has 1 N–H and O–H groups in total. The Morgan fingerprint density at radius 1 is 1.20 bits per heavy atom. The van der Waals surface area contributed by atoms with Gasteiger partial charge in [-0.25, -0.2) is 0 Å². The van der Waals surface area contributed by atoms with Crippen molar-refractivity contribution >= 4 is 5.91 Å². The summed E-state index contributed by atoms with van der Waals surface area (Å²) in [7, 11) is 0. The van der Waals surface area contributed by atoms with Crippen molar-refractivity contribution in [2.75, 3.05) is 32.9 Å². The average Bonchev–Trinajstić information content (AvgIpc) is 3.17. The van der Waals surface area contributed by atoms with E-state index in [1.54, 1.807) is 0 Å². The number of nitrogens with one attached hydrogen (secondary N) is 1. The third-order valence-corrected chi connectivity index (χ3v) is 4.52. The third kappa shape index (κ3) is 4.17. The normalized spacial score (nSPS) is 28.7. The second-order valence-corrected chi connectivity index (χ2v) is 6.26. The molecule has 0 aromatic carbocycles. The first-order valence-electron chi connectivity index (χ1n) is 8.04. The summed E-state index contributed by atoms with van der Waals surface area (Å²) in [6.07, 6.45) is 7.26. The summed E-state index contributed by atoms with van der Waals surface area (Å²) in [5.41, 5.74) is 0. The van der Waals surface area contributed by atoms with Crippen molar-refractivity contribution in [3.05, 3.63) is 0 Å². The van der Waals surface area contributed by atoms with Crippen LogP contribution in [-0.4, -0.2) is 61.9 Å². The Morgan fingerprint density at radius 3 is 2.65 bits per heavy atom. The number of hydrogen-bond donors (Lipinski definition) is 1. The van der Waals surface area contributed by atoms with Crippen LogP contribution in [0.5, 0.6) is 0 Å². The molecule has 0 aromatic heterocycles. The van der Waals surface area contributed by atoms with E-state index in [2.05, 4.69) is 10.2 Å². The van der Waals surface area contributed by atoms with Crippen molar-refractivity contribution < 1.29 is 14.3 Å². The van der Waals surface area contributed by atoms with Crippen molar-refractivity contribution in [3.63, 3.8) is 0 Å². The van der Waals surface area contributed by atoms with E-state index in [0.717, 1.165) is 51.4 Å². The molecule has 5 heteroatoms. The average molecular weight is 282 g/mol. The van der Waals surface area contributed by atoms with Crippen LogP contribution in [0.15, 0.2) is 0 Å². The van der Waals surface area contributed by atoms with Crippen molar-refractivity contribution in [3.8, 4) is 0 Å². The van der Waals surface area contributed by atoms with Gasteiger partial charge in [0, 0.05) is 31.8 Å². The molecule has 3 aliphatic rings. The minimum atomic E-state index is 0.0212. The van der Waals surface area contributed by atoms with E-state index in [-0.39, 0.29) is 18.6 Å². The summed E-state index contributed by atoms with van der Waals surface area (Å²) < 4.78 is 10.9. The van der Waals surface area contributed by atoms with Gasteiger partial charge >= 0.3 is 0 Å². The molecule has 1 amide bonds. The number of nitrogens with zero attached hydrogens (tertiary/aromatic N) is 1. The zero-order valence-corrected chi connectivity index (χ0v) is 12.2. The highest BCUT2D eigenvalue weighted by Crippen LogP contribution is 2.29. The number of ether oxygens (including phenoxy) is 2. The first kappa shape index (κ1) is 14.3. The summed E-state index contributed by atoms with van der Waals surface area (Å²) in [5.74, 6) is 0.0212. The molecular formula is C15H26N2O3. The van der Waals surface area contributed by atoms with E-state index in [9.17, 15) is 4.79 Å². The lowest BCUT2D eigenvalue weighted by Gasteiger charge is -2.32. The van der Waals surface area contributed by atoms with E-state index in [1.165, 1.54) is 12.8 Å². The quantitative estimate of drug-likeness (QED) is 0.787. The van der Waals surface area contributed by atoms with Gasteiger partial charge in [-0.3, -0.25) is 4.79 Å². The monoisotopic (exact) mass is 282 g/mol. The second kappa shape index (κ2) is 6.87. The van der Waals surface area contributed by atoms with Crippen molar-refractivity contribution in [1.29, 1.82) is 0 Å². The van der Waals surface area contributed by atoms with Crippen LogP contribution >= 0.6 is 0 Å². The van der Waals surface area contributed by atoms with Crippen molar-refractivity contribution in [1.82, 2.24) is 10.2 Å². The highest BCUT2D eigenvalue weighted by atomic mass is 16.5. The highest BCUT2D eigenvalue weighted by Gasteiger charge is 2.32. The number of piperidine rings is 1. The lowest BCUT2D eigenvalue weighted by Crippen LogP contribution is -2.46. The molecular weight excluding hydrogens is 256 g/mol. The number of amides is 1. The minimum Gasteiger partial charge on any atom is -0.376 e. The molecule has 2 heterocycles. The van der Waals surface area contributed by atoms with Gasteiger partial charge in [0.05, 0.1) is 12.7 Å². The van der Waals surface area contributed by atoms with Gasteiger partial charge in [-0.1, -0.05) is 0 Å². The van der Waals surface area contributed by atoms with Gasteiger partial charge in [0.15, 0.2) is 0 Å². The van der Waals surface area contributed by atoms with E-state index < -0.39 is 0 Å². The Kier molecular flexibility index (Phi) is 4.91. The molecule has 5 nitrogen and oxygen atoms in total. The predicted octanol–water partition coefficient (Wildman–Crippen LogP) is 0.925. The first-order valence-corrected chi connectivity index (χ1v) is 8.04. The third-order valence-electron chi connectivity index (χ3n) is 4.52. The van der Waals surface area contributed by atoms with Crippen LogP contribution in [0.25, 0.3) is 0 Å². The van der Waals surface area contributed by atoms with Gasteiger partial charge < -0.3 is 19.7 Å². The fourth-order valence-corrected chi connectivity index (χ4v) is 3.18. The molecule has 0 bridgehead atoms. The number of carbonyl (C=O) groups is 1. The molecule has 2 saturated heterocycles. The molecule has 1 aliphatic carbocycles. The second-order valence-electron chi connectivity index (χ2n) is 6.26. The Labute approximate surface area is 121 Å². The van der Waals surface area contributed by atoms with Crippen LogP contribution in [0.4, 0.5) is 0 Å². The minimum absolute atomic E-state index is 0.0212. The Hall–Kier alpha value is -0.650. The van der Waals surface area contributed by atoms with E-state index in [4.69, 9.17) is 9.47 Å². The smallest absolute Gasteiger partial charge is 0.246 e. The van der Waals surface area contributed by atoms with Crippen LogP contribution in [-0.2, 0) is 14.3 Å². The number of hydrogen-bond acceptors (Lipinski definition) is 4. The van der Waals surface area contributed by atoms with Crippen molar-refractivity contribution in [2.24, 2.45) is 0 Å². The van der Waals surface area contributed by atoms with Gasteiger partial charge in [0.25, 0.3) is 0 Å². The number of carbonyl (C=O) groups excluding carboxylic acids is 1. The standard InChI is InChI=1S/C15H26N2O3/c18-15(11-19-10-14-2-1-9-20-14)16-12-5-7-17(8-6-12)13-3-4-13/h12-14H,1-11H2,(H,16,18). The number of likely N-dealkylation sites (tertiary alicyclic amines) is 1. The Morgan fingerprint density at radius 2 is 2.00 bits per heavy atom. The molecule has 2 aliphatic heterocycles. The number of rotatable bonds is 6. The van der Waals surface area contributed by atoms with E-state index >= 15 is 0 Å². The first-order chi connectivity index (χ1) is 9.81.